The van der Waals surface area contributed by atoms with Gasteiger partial charge in [-0.25, -0.2) is 4.79 Å². The van der Waals surface area contributed by atoms with Crippen LogP contribution in [0.15, 0.2) is 18.5 Å². The molecule has 1 unspecified atom stereocenters. The normalized spacial score (nSPS) is 12.8. The standard InChI is InChI=1S/C6H8N2O3/c9-4-5(6(10)11)8-3-1-2-7-8/h1-3,5,9H,4H2,(H,10,11). The highest BCUT2D eigenvalue weighted by molar-refractivity contribution is 5.71. The summed E-state index contributed by atoms with van der Waals surface area (Å²) in [4.78, 5) is 10.4. The van der Waals surface area contributed by atoms with E-state index in [1.54, 1.807) is 6.07 Å². The summed E-state index contributed by atoms with van der Waals surface area (Å²) in [5, 5.41) is 20.8. The van der Waals surface area contributed by atoms with Crippen LogP contribution in [0.3, 0.4) is 0 Å². The topological polar surface area (TPSA) is 75.3 Å². The van der Waals surface area contributed by atoms with E-state index in [2.05, 4.69) is 5.10 Å². The molecule has 0 fully saturated rings. The number of aliphatic hydroxyl groups is 1. The fourth-order valence-electron chi connectivity index (χ4n) is 0.740. The monoisotopic (exact) mass is 156 g/mol. The van der Waals surface area contributed by atoms with E-state index in [4.69, 9.17) is 10.2 Å². The maximum absolute atomic E-state index is 10.4. The number of nitrogens with zero attached hydrogens (tertiary/aromatic N) is 2. The van der Waals surface area contributed by atoms with Gasteiger partial charge in [-0.15, -0.1) is 0 Å². The maximum atomic E-state index is 10.4. The molecule has 0 aliphatic rings. The molecule has 0 saturated heterocycles. The van der Waals surface area contributed by atoms with Crippen LogP contribution < -0.4 is 0 Å². The first-order valence-electron chi connectivity index (χ1n) is 3.08. The van der Waals surface area contributed by atoms with Crippen molar-refractivity contribution >= 4 is 5.97 Å². The Kier molecular flexibility index (Phi) is 2.22. The summed E-state index contributed by atoms with van der Waals surface area (Å²) in [6, 6.07) is 0.635. The Balaban J connectivity index is 2.79. The van der Waals surface area contributed by atoms with Gasteiger partial charge in [-0.2, -0.15) is 5.10 Å². The molecule has 5 nitrogen and oxygen atoms in total. The zero-order chi connectivity index (χ0) is 8.27. The van der Waals surface area contributed by atoms with Gasteiger partial charge in [0.05, 0.1) is 6.61 Å². The Bertz CT molecular complexity index is 232. The highest BCUT2D eigenvalue weighted by Crippen LogP contribution is 2.02. The molecule has 2 N–H and O–H groups in total. The maximum Gasteiger partial charge on any atom is 0.330 e. The second kappa shape index (κ2) is 3.16. The van der Waals surface area contributed by atoms with Gasteiger partial charge in [-0.05, 0) is 6.07 Å². The van der Waals surface area contributed by atoms with E-state index in [1.807, 2.05) is 0 Å². The summed E-state index contributed by atoms with van der Waals surface area (Å²) >= 11 is 0. The van der Waals surface area contributed by atoms with Crippen molar-refractivity contribution in [2.45, 2.75) is 6.04 Å². The molecule has 1 heterocycles. The van der Waals surface area contributed by atoms with Gasteiger partial charge in [0.25, 0.3) is 0 Å². The smallest absolute Gasteiger partial charge is 0.330 e. The molecule has 0 aromatic carbocycles. The molecule has 1 atom stereocenters. The van der Waals surface area contributed by atoms with E-state index in [0.717, 1.165) is 0 Å². The van der Waals surface area contributed by atoms with E-state index in [1.165, 1.54) is 17.1 Å². The van der Waals surface area contributed by atoms with E-state index in [-0.39, 0.29) is 0 Å². The van der Waals surface area contributed by atoms with Gasteiger partial charge in [0, 0.05) is 12.4 Å². The fourth-order valence-corrected chi connectivity index (χ4v) is 0.740. The van der Waals surface area contributed by atoms with E-state index in [0.29, 0.717) is 0 Å². The predicted molar refractivity (Wildman–Crippen MR) is 36.0 cm³/mol. The first-order valence-corrected chi connectivity index (χ1v) is 3.08. The molecule has 1 aromatic heterocycles. The quantitative estimate of drug-likeness (QED) is 0.618. The number of carbonyl (C=O) groups is 1. The zero-order valence-corrected chi connectivity index (χ0v) is 5.71. The molecule has 0 saturated carbocycles. The van der Waals surface area contributed by atoms with Gasteiger partial charge < -0.3 is 10.2 Å². The van der Waals surface area contributed by atoms with Crippen LogP contribution in [0.25, 0.3) is 0 Å². The van der Waals surface area contributed by atoms with E-state index in [9.17, 15) is 4.79 Å². The largest absolute Gasteiger partial charge is 0.480 e. The van der Waals surface area contributed by atoms with Crippen LogP contribution in [0.1, 0.15) is 6.04 Å². The van der Waals surface area contributed by atoms with Crippen LogP contribution in [0.5, 0.6) is 0 Å². The number of carboxylic acid groups (broad SMARTS) is 1. The lowest BCUT2D eigenvalue weighted by Gasteiger charge is -2.07. The first-order chi connectivity index (χ1) is 5.25. The lowest BCUT2D eigenvalue weighted by atomic mass is 10.3. The fraction of sp³-hybridized carbons (Fsp3) is 0.333. The molecule has 11 heavy (non-hydrogen) atoms. The number of aliphatic carboxylic acids is 1. The molecule has 0 spiro atoms. The lowest BCUT2D eigenvalue weighted by molar-refractivity contribution is -0.142. The molecule has 1 rings (SSSR count). The van der Waals surface area contributed by atoms with E-state index >= 15 is 0 Å². The van der Waals surface area contributed by atoms with Gasteiger partial charge in [0.2, 0.25) is 0 Å². The lowest BCUT2D eigenvalue weighted by Crippen LogP contribution is -2.22. The van der Waals surface area contributed by atoms with Crippen molar-refractivity contribution in [3.63, 3.8) is 0 Å². The van der Waals surface area contributed by atoms with Gasteiger partial charge in [-0.3, -0.25) is 4.68 Å². The van der Waals surface area contributed by atoms with Crippen LogP contribution in [-0.4, -0.2) is 32.6 Å². The van der Waals surface area contributed by atoms with Crippen molar-refractivity contribution in [2.75, 3.05) is 6.61 Å². The summed E-state index contributed by atoms with van der Waals surface area (Å²) in [6.45, 7) is -0.447. The Morgan fingerprint density at radius 3 is 2.82 bits per heavy atom. The molecule has 0 aliphatic carbocycles. The van der Waals surface area contributed by atoms with Gasteiger partial charge in [0.1, 0.15) is 0 Å². The van der Waals surface area contributed by atoms with Gasteiger partial charge in [-0.1, -0.05) is 0 Å². The highest BCUT2D eigenvalue weighted by atomic mass is 16.4. The summed E-state index contributed by atoms with van der Waals surface area (Å²) in [5.41, 5.74) is 0. The van der Waals surface area contributed by atoms with Crippen molar-refractivity contribution in [1.82, 2.24) is 9.78 Å². The average Bonchev–Trinajstić information content (AvgIpc) is 2.40. The molecule has 0 amide bonds. The predicted octanol–water partition coefficient (Wildman–Crippen LogP) is -0.499. The van der Waals surface area contributed by atoms with E-state index < -0.39 is 18.6 Å². The Morgan fingerprint density at radius 1 is 1.73 bits per heavy atom. The second-order valence-corrected chi connectivity index (χ2v) is 2.02. The summed E-state index contributed by atoms with van der Waals surface area (Å²) in [7, 11) is 0. The van der Waals surface area contributed by atoms with Crippen LogP contribution in [0.4, 0.5) is 0 Å². The number of hydrogen-bond acceptors (Lipinski definition) is 3. The molecule has 60 valence electrons. The zero-order valence-electron chi connectivity index (χ0n) is 5.71. The number of aromatic nitrogens is 2. The third-order valence-electron chi connectivity index (χ3n) is 1.30. The molecule has 0 radical (unpaired) electrons. The number of hydrogen-bond donors (Lipinski definition) is 2. The Morgan fingerprint density at radius 2 is 2.45 bits per heavy atom. The minimum Gasteiger partial charge on any atom is -0.480 e. The molecular weight excluding hydrogens is 148 g/mol. The summed E-state index contributed by atoms with van der Waals surface area (Å²) in [5.74, 6) is -1.09. The van der Waals surface area contributed by atoms with Crippen molar-refractivity contribution in [2.24, 2.45) is 0 Å². The average molecular weight is 156 g/mol. The molecular formula is C6H8N2O3. The number of rotatable bonds is 3. The van der Waals surface area contributed by atoms with Gasteiger partial charge in [0.15, 0.2) is 6.04 Å². The molecule has 0 bridgehead atoms. The van der Waals surface area contributed by atoms with Gasteiger partial charge >= 0.3 is 5.97 Å². The number of aliphatic hydroxyl groups excluding tert-OH is 1. The minimum absolute atomic E-state index is 0.447. The molecule has 1 aromatic rings. The van der Waals surface area contributed by atoms with Crippen molar-refractivity contribution in [1.29, 1.82) is 0 Å². The van der Waals surface area contributed by atoms with Crippen LogP contribution in [0, 0.1) is 0 Å². The third-order valence-corrected chi connectivity index (χ3v) is 1.30. The van der Waals surface area contributed by atoms with Crippen molar-refractivity contribution in [3.8, 4) is 0 Å². The number of carboxylic acids is 1. The minimum atomic E-state index is -1.09. The van der Waals surface area contributed by atoms with Crippen LogP contribution in [-0.2, 0) is 4.79 Å². The summed E-state index contributed by atoms with van der Waals surface area (Å²) < 4.78 is 1.20. The second-order valence-electron chi connectivity index (χ2n) is 2.02. The first kappa shape index (κ1) is 7.74. The third kappa shape index (κ3) is 1.56. The van der Waals surface area contributed by atoms with Crippen LogP contribution >= 0.6 is 0 Å². The molecule has 0 aliphatic heterocycles. The SMILES string of the molecule is O=C(O)C(CO)n1cccn1. The van der Waals surface area contributed by atoms with Crippen LogP contribution in [0.2, 0.25) is 0 Å². The van der Waals surface area contributed by atoms with Crippen molar-refractivity contribution < 1.29 is 15.0 Å². The Labute approximate surface area is 62.9 Å². The molecule has 5 heteroatoms. The Hall–Kier alpha value is -1.36. The summed E-state index contributed by atoms with van der Waals surface area (Å²) in [6.07, 6.45) is 2.96. The highest BCUT2D eigenvalue weighted by Gasteiger charge is 2.17. The van der Waals surface area contributed by atoms with Crippen molar-refractivity contribution in [3.05, 3.63) is 18.5 Å².